The zero-order valence-electron chi connectivity index (χ0n) is 18.0. The third-order valence-electron chi connectivity index (χ3n) is 5.12. The first-order valence-electron chi connectivity index (χ1n) is 11.5. The number of amides is 1. The van der Waals surface area contributed by atoms with Gasteiger partial charge in [0, 0.05) is 18.8 Å². The lowest BCUT2D eigenvalue weighted by molar-refractivity contribution is -0.121. The van der Waals surface area contributed by atoms with Crippen molar-refractivity contribution in [2.45, 2.75) is 110 Å². The first kappa shape index (κ1) is 24.3. The van der Waals surface area contributed by atoms with Crippen molar-refractivity contribution in [3.8, 4) is 0 Å². The van der Waals surface area contributed by atoms with E-state index in [1.165, 1.54) is 83.5 Å². The van der Waals surface area contributed by atoms with Crippen LogP contribution in [0.2, 0.25) is 0 Å². The number of pyridine rings is 1. The molecular weight excluding hydrogens is 346 g/mol. The summed E-state index contributed by atoms with van der Waals surface area (Å²) in [6.07, 6.45) is 25.7. The fourth-order valence-electron chi connectivity index (χ4n) is 3.34. The maximum Gasteiger partial charge on any atom is 0.240 e. The number of nitrogens with zero attached hydrogens (tertiary/aromatic N) is 2. The molecule has 0 bridgehead atoms. The lowest BCUT2D eigenvalue weighted by Gasteiger charge is -2.03. The molecule has 0 saturated heterocycles. The number of unbranched alkanes of at least 4 members (excludes halogenated alkanes) is 14. The highest BCUT2D eigenvalue weighted by atomic mass is 16.2. The molecule has 1 aromatic heterocycles. The molecule has 0 fully saturated rings. The molecule has 0 saturated carbocycles. The highest BCUT2D eigenvalue weighted by molar-refractivity contribution is 5.82. The molecule has 1 heterocycles. The molecule has 1 rings (SSSR count). The van der Waals surface area contributed by atoms with Gasteiger partial charge in [-0.05, 0) is 24.1 Å². The van der Waals surface area contributed by atoms with Crippen LogP contribution in [0, 0.1) is 0 Å². The van der Waals surface area contributed by atoms with Crippen molar-refractivity contribution in [2.75, 3.05) is 0 Å². The van der Waals surface area contributed by atoms with Crippen molar-refractivity contribution >= 4 is 12.1 Å². The molecular formula is C24H41N3O. The minimum atomic E-state index is 0.000000208. The van der Waals surface area contributed by atoms with Crippen molar-refractivity contribution in [2.24, 2.45) is 5.10 Å². The van der Waals surface area contributed by atoms with E-state index in [0.717, 1.165) is 18.4 Å². The average molecular weight is 388 g/mol. The third-order valence-corrected chi connectivity index (χ3v) is 5.12. The van der Waals surface area contributed by atoms with E-state index in [1.807, 2.05) is 12.1 Å². The van der Waals surface area contributed by atoms with Crippen LogP contribution in [0.15, 0.2) is 29.6 Å². The van der Waals surface area contributed by atoms with E-state index < -0.39 is 0 Å². The van der Waals surface area contributed by atoms with Gasteiger partial charge in [0.1, 0.15) is 0 Å². The maximum atomic E-state index is 11.7. The van der Waals surface area contributed by atoms with Gasteiger partial charge in [-0.25, -0.2) is 5.43 Å². The van der Waals surface area contributed by atoms with E-state index in [-0.39, 0.29) is 5.91 Å². The highest BCUT2D eigenvalue weighted by Gasteiger charge is 1.99. The summed E-state index contributed by atoms with van der Waals surface area (Å²) in [7, 11) is 0. The molecule has 4 heteroatoms. The van der Waals surface area contributed by atoms with Crippen LogP contribution in [0.5, 0.6) is 0 Å². The van der Waals surface area contributed by atoms with Crippen LogP contribution in [0.4, 0.5) is 0 Å². The third kappa shape index (κ3) is 15.4. The summed E-state index contributed by atoms with van der Waals surface area (Å²) < 4.78 is 0. The second kappa shape index (κ2) is 18.6. The highest BCUT2D eigenvalue weighted by Crippen LogP contribution is 2.13. The number of hydrogen-bond donors (Lipinski definition) is 1. The zero-order valence-corrected chi connectivity index (χ0v) is 18.0. The van der Waals surface area contributed by atoms with Gasteiger partial charge >= 0.3 is 0 Å². The summed E-state index contributed by atoms with van der Waals surface area (Å²) in [5, 5.41) is 3.98. The topological polar surface area (TPSA) is 54.4 Å². The quantitative estimate of drug-likeness (QED) is 0.171. The monoisotopic (exact) mass is 387 g/mol. The number of carbonyl (C=O) groups is 1. The van der Waals surface area contributed by atoms with Crippen molar-refractivity contribution in [1.29, 1.82) is 0 Å². The molecule has 0 radical (unpaired) electrons. The van der Waals surface area contributed by atoms with Gasteiger partial charge in [-0.15, -0.1) is 0 Å². The molecule has 0 aromatic carbocycles. The summed E-state index contributed by atoms with van der Waals surface area (Å²) in [6, 6.07) is 3.70. The number of hydrazone groups is 1. The van der Waals surface area contributed by atoms with Crippen LogP contribution in [0.3, 0.4) is 0 Å². The number of rotatable bonds is 18. The fraction of sp³-hybridized carbons (Fsp3) is 0.708. The minimum Gasteiger partial charge on any atom is -0.273 e. The lowest BCUT2D eigenvalue weighted by Crippen LogP contribution is -2.16. The molecule has 1 aromatic rings. The lowest BCUT2D eigenvalue weighted by atomic mass is 10.0. The first-order chi connectivity index (χ1) is 13.8. The Balaban J connectivity index is 1.80. The molecule has 28 heavy (non-hydrogen) atoms. The molecule has 0 unspecified atom stereocenters. The minimum absolute atomic E-state index is 0.000000208. The Morgan fingerprint density at radius 2 is 1.29 bits per heavy atom. The molecule has 0 aliphatic rings. The summed E-state index contributed by atoms with van der Waals surface area (Å²) in [5.74, 6) is 0.000000208. The van der Waals surface area contributed by atoms with Gasteiger partial charge < -0.3 is 0 Å². The summed E-state index contributed by atoms with van der Waals surface area (Å²) in [6.45, 7) is 2.28. The van der Waals surface area contributed by atoms with Crippen LogP contribution >= 0.6 is 0 Å². The van der Waals surface area contributed by atoms with Gasteiger partial charge in [0.05, 0.1) is 6.21 Å². The van der Waals surface area contributed by atoms with E-state index >= 15 is 0 Å². The Hall–Kier alpha value is -1.71. The molecule has 0 atom stereocenters. The fourth-order valence-corrected chi connectivity index (χ4v) is 3.34. The predicted molar refractivity (Wildman–Crippen MR) is 120 cm³/mol. The Morgan fingerprint density at radius 3 is 1.79 bits per heavy atom. The Labute approximate surface area is 172 Å². The average Bonchev–Trinajstić information content (AvgIpc) is 2.71. The standard InChI is InChI=1S/C24H41N3O/c1-2-3-4-5-6-7-8-9-10-11-12-13-14-15-16-17-24(28)27-26-22-23-18-20-25-21-19-23/h18-22H,2-17H2,1H3,(H,27,28)/b26-22+. The van der Waals surface area contributed by atoms with Gasteiger partial charge in [0.15, 0.2) is 0 Å². The normalized spacial score (nSPS) is 11.2. The van der Waals surface area contributed by atoms with Crippen LogP contribution in [0.25, 0.3) is 0 Å². The van der Waals surface area contributed by atoms with Crippen molar-refractivity contribution in [3.63, 3.8) is 0 Å². The van der Waals surface area contributed by atoms with Crippen LogP contribution in [-0.2, 0) is 4.79 Å². The molecule has 4 nitrogen and oxygen atoms in total. The number of nitrogens with one attached hydrogen (secondary N) is 1. The van der Waals surface area contributed by atoms with Gasteiger partial charge in [-0.3, -0.25) is 9.78 Å². The smallest absolute Gasteiger partial charge is 0.240 e. The summed E-state index contributed by atoms with van der Waals surface area (Å²) in [4.78, 5) is 15.7. The van der Waals surface area contributed by atoms with E-state index in [0.29, 0.717) is 6.42 Å². The van der Waals surface area contributed by atoms with Gasteiger partial charge in [-0.1, -0.05) is 96.8 Å². The molecule has 0 spiro atoms. The first-order valence-corrected chi connectivity index (χ1v) is 11.5. The van der Waals surface area contributed by atoms with Crippen LogP contribution in [0.1, 0.15) is 115 Å². The second-order valence-electron chi connectivity index (χ2n) is 7.77. The maximum absolute atomic E-state index is 11.7. The Kier molecular flexibility index (Phi) is 16.2. The summed E-state index contributed by atoms with van der Waals surface area (Å²) in [5.41, 5.74) is 3.52. The van der Waals surface area contributed by atoms with Crippen LogP contribution < -0.4 is 5.43 Å². The SMILES string of the molecule is CCCCCCCCCCCCCCCCCC(=O)N/N=C/c1ccncc1. The zero-order chi connectivity index (χ0) is 20.1. The van der Waals surface area contributed by atoms with Gasteiger partial charge in [-0.2, -0.15) is 5.10 Å². The van der Waals surface area contributed by atoms with Gasteiger partial charge in [0.25, 0.3) is 0 Å². The largest absolute Gasteiger partial charge is 0.273 e. The number of hydrogen-bond acceptors (Lipinski definition) is 3. The van der Waals surface area contributed by atoms with Crippen molar-refractivity contribution < 1.29 is 4.79 Å². The summed E-state index contributed by atoms with van der Waals surface area (Å²) >= 11 is 0. The number of carbonyl (C=O) groups excluding carboxylic acids is 1. The van der Waals surface area contributed by atoms with Crippen LogP contribution in [-0.4, -0.2) is 17.1 Å². The number of aromatic nitrogens is 1. The Morgan fingerprint density at radius 1 is 0.821 bits per heavy atom. The molecule has 1 amide bonds. The molecule has 1 N–H and O–H groups in total. The van der Waals surface area contributed by atoms with E-state index in [9.17, 15) is 4.79 Å². The molecule has 0 aliphatic heterocycles. The van der Waals surface area contributed by atoms with Crippen molar-refractivity contribution in [3.05, 3.63) is 30.1 Å². The molecule has 0 aliphatic carbocycles. The molecule has 158 valence electrons. The van der Waals surface area contributed by atoms with E-state index in [4.69, 9.17) is 0 Å². The second-order valence-corrected chi connectivity index (χ2v) is 7.77. The Bertz CT molecular complexity index is 502. The van der Waals surface area contributed by atoms with Gasteiger partial charge in [0.2, 0.25) is 5.91 Å². The van der Waals surface area contributed by atoms with E-state index in [1.54, 1.807) is 18.6 Å². The predicted octanol–water partition coefficient (Wildman–Crippen LogP) is 6.79. The van der Waals surface area contributed by atoms with Crippen molar-refractivity contribution in [1.82, 2.24) is 10.4 Å². The van der Waals surface area contributed by atoms with E-state index in [2.05, 4.69) is 22.4 Å².